The van der Waals surface area contributed by atoms with Gasteiger partial charge in [-0.25, -0.2) is 0 Å². The van der Waals surface area contributed by atoms with Crippen molar-refractivity contribution in [2.24, 2.45) is 5.92 Å². The van der Waals surface area contributed by atoms with Crippen LogP contribution in [0.15, 0.2) is 0 Å². The van der Waals surface area contributed by atoms with Gasteiger partial charge >= 0.3 is 5.97 Å². The van der Waals surface area contributed by atoms with Crippen molar-refractivity contribution in [1.82, 2.24) is 10.2 Å². The quantitative estimate of drug-likeness (QED) is 0.747. The van der Waals surface area contributed by atoms with E-state index in [-0.39, 0.29) is 17.8 Å². The van der Waals surface area contributed by atoms with E-state index < -0.39 is 6.10 Å². The Kier molecular flexibility index (Phi) is 4.58. The van der Waals surface area contributed by atoms with Gasteiger partial charge in [-0.1, -0.05) is 0 Å². The lowest BCUT2D eigenvalue weighted by Crippen LogP contribution is -2.40. The van der Waals surface area contributed by atoms with E-state index in [9.17, 15) is 9.59 Å². The molecule has 0 spiro atoms. The Morgan fingerprint density at radius 1 is 1.22 bits per heavy atom. The molecule has 0 bridgehead atoms. The first-order chi connectivity index (χ1) is 8.68. The molecule has 0 saturated carbocycles. The van der Waals surface area contributed by atoms with Crippen LogP contribution in [0.25, 0.3) is 0 Å². The number of carbonyl (C=O) groups excluding carboxylic acids is 2. The standard InChI is InChI=1S/C13H22N2O3/c1-10(12(16)15-8-2-3-9-15)18-13(17)11-4-6-14-7-5-11/h10-11,14H,2-9H2,1H3. The van der Waals surface area contributed by atoms with Crippen molar-refractivity contribution in [3.63, 3.8) is 0 Å². The molecule has 0 aromatic carbocycles. The summed E-state index contributed by atoms with van der Waals surface area (Å²) >= 11 is 0. The molecule has 0 radical (unpaired) electrons. The zero-order chi connectivity index (χ0) is 13.0. The molecule has 2 fully saturated rings. The number of amides is 1. The van der Waals surface area contributed by atoms with Crippen LogP contribution in [-0.4, -0.2) is 49.1 Å². The number of likely N-dealkylation sites (tertiary alicyclic amines) is 1. The first kappa shape index (κ1) is 13.3. The highest BCUT2D eigenvalue weighted by Crippen LogP contribution is 2.16. The maximum atomic E-state index is 12.0. The molecule has 1 atom stereocenters. The fraction of sp³-hybridized carbons (Fsp3) is 0.846. The highest BCUT2D eigenvalue weighted by atomic mass is 16.5. The molecule has 0 aliphatic carbocycles. The van der Waals surface area contributed by atoms with Gasteiger partial charge < -0.3 is 15.0 Å². The van der Waals surface area contributed by atoms with Crippen LogP contribution in [-0.2, 0) is 14.3 Å². The van der Waals surface area contributed by atoms with Crippen LogP contribution in [0, 0.1) is 5.92 Å². The molecule has 1 amide bonds. The maximum absolute atomic E-state index is 12.0. The summed E-state index contributed by atoms with van der Waals surface area (Å²) in [6.45, 7) is 4.99. The fourth-order valence-corrected chi connectivity index (χ4v) is 2.57. The Hall–Kier alpha value is -1.10. The Labute approximate surface area is 108 Å². The van der Waals surface area contributed by atoms with E-state index in [1.54, 1.807) is 11.8 Å². The Balaban J connectivity index is 1.80. The number of esters is 1. The van der Waals surface area contributed by atoms with Crippen LogP contribution < -0.4 is 5.32 Å². The normalized spacial score (nSPS) is 22.8. The van der Waals surface area contributed by atoms with Gasteiger partial charge in [0.1, 0.15) is 0 Å². The van der Waals surface area contributed by atoms with Gasteiger partial charge in [-0.2, -0.15) is 0 Å². The zero-order valence-electron chi connectivity index (χ0n) is 11.0. The van der Waals surface area contributed by atoms with Gasteiger partial charge in [-0.05, 0) is 45.7 Å². The van der Waals surface area contributed by atoms with E-state index in [0.717, 1.165) is 51.9 Å². The lowest BCUT2D eigenvalue weighted by Gasteiger charge is -2.24. The molecule has 2 heterocycles. The van der Waals surface area contributed by atoms with Crippen molar-refractivity contribution in [1.29, 1.82) is 0 Å². The molecule has 1 N–H and O–H groups in total. The monoisotopic (exact) mass is 254 g/mol. The van der Waals surface area contributed by atoms with Gasteiger partial charge in [0.15, 0.2) is 6.10 Å². The minimum absolute atomic E-state index is 0.0416. The summed E-state index contributed by atoms with van der Waals surface area (Å²) in [5, 5.41) is 3.21. The predicted octanol–water partition coefficient (Wildman–Crippen LogP) is 0.540. The number of carbonyl (C=O) groups is 2. The second-order valence-corrected chi connectivity index (χ2v) is 5.14. The number of hydrogen-bond acceptors (Lipinski definition) is 4. The molecule has 2 rings (SSSR count). The summed E-state index contributed by atoms with van der Waals surface area (Å²) in [5.41, 5.74) is 0. The molecule has 2 saturated heterocycles. The van der Waals surface area contributed by atoms with Crippen LogP contribution in [0.2, 0.25) is 0 Å². The van der Waals surface area contributed by atoms with Gasteiger partial charge in [0, 0.05) is 13.1 Å². The van der Waals surface area contributed by atoms with Crippen molar-refractivity contribution in [2.45, 2.75) is 38.7 Å². The summed E-state index contributed by atoms with van der Waals surface area (Å²) in [4.78, 5) is 25.7. The highest BCUT2D eigenvalue weighted by Gasteiger charge is 2.29. The summed E-state index contributed by atoms with van der Waals surface area (Å²) < 4.78 is 5.31. The highest BCUT2D eigenvalue weighted by molar-refractivity contribution is 5.84. The summed E-state index contributed by atoms with van der Waals surface area (Å²) in [5.74, 6) is -0.300. The topological polar surface area (TPSA) is 58.6 Å². The molecule has 102 valence electrons. The van der Waals surface area contributed by atoms with Crippen molar-refractivity contribution in [3.05, 3.63) is 0 Å². The van der Waals surface area contributed by atoms with E-state index in [1.165, 1.54) is 0 Å². The predicted molar refractivity (Wildman–Crippen MR) is 67.0 cm³/mol. The molecule has 2 aliphatic heterocycles. The van der Waals surface area contributed by atoms with Crippen LogP contribution >= 0.6 is 0 Å². The second-order valence-electron chi connectivity index (χ2n) is 5.14. The second kappa shape index (κ2) is 6.18. The molecule has 1 unspecified atom stereocenters. The minimum atomic E-state index is -0.634. The van der Waals surface area contributed by atoms with Gasteiger partial charge in [0.2, 0.25) is 0 Å². The minimum Gasteiger partial charge on any atom is -0.452 e. The van der Waals surface area contributed by atoms with E-state index in [4.69, 9.17) is 4.74 Å². The SMILES string of the molecule is CC(OC(=O)C1CCNCC1)C(=O)N1CCCC1. The van der Waals surface area contributed by atoms with Crippen molar-refractivity contribution in [3.8, 4) is 0 Å². The lowest BCUT2D eigenvalue weighted by molar-refractivity contribution is -0.162. The Morgan fingerprint density at radius 2 is 1.83 bits per heavy atom. The molecule has 2 aliphatic rings. The van der Waals surface area contributed by atoms with Crippen LogP contribution in [0.3, 0.4) is 0 Å². The fourth-order valence-electron chi connectivity index (χ4n) is 2.57. The number of ether oxygens (including phenoxy) is 1. The largest absolute Gasteiger partial charge is 0.452 e. The van der Waals surface area contributed by atoms with Crippen LogP contribution in [0.5, 0.6) is 0 Å². The number of nitrogens with one attached hydrogen (secondary N) is 1. The van der Waals surface area contributed by atoms with E-state index in [1.807, 2.05) is 0 Å². The zero-order valence-corrected chi connectivity index (χ0v) is 11.0. The molecule has 5 nitrogen and oxygen atoms in total. The van der Waals surface area contributed by atoms with Crippen molar-refractivity contribution < 1.29 is 14.3 Å². The molecular formula is C13H22N2O3. The summed E-state index contributed by atoms with van der Waals surface area (Å²) in [6, 6.07) is 0. The summed E-state index contributed by atoms with van der Waals surface area (Å²) in [6.07, 6.45) is 3.10. The molecular weight excluding hydrogens is 232 g/mol. The number of nitrogens with zero attached hydrogens (tertiary/aromatic N) is 1. The molecule has 0 aromatic heterocycles. The lowest BCUT2D eigenvalue weighted by atomic mass is 9.98. The average Bonchev–Trinajstić information content (AvgIpc) is 2.92. The van der Waals surface area contributed by atoms with E-state index >= 15 is 0 Å². The van der Waals surface area contributed by atoms with Gasteiger partial charge in [0.25, 0.3) is 5.91 Å². The molecule has 5 heteroatoms. The van der Waals surface area contributed by atoms with E-state index in [0.29, 0.717) is 0 Å². The Morgan fingerprint density at radius 3 is 2.44 bits per heavy atom. The Bertz CT molecular complexity index is 307. The molecule has 18 heavy (non-hydrogen) atoms. The third-order valence-corrected chi connectivity index (χ3v) is 3.73. The van der Waals surface area contributed by atoms with Crippen molar-refractivity contribution in [2.75, 3.05) is 26.2 Å². The maximum Gasteiger partial charge on any atom is 0.309 e. The number of hydrogen-bond donors (Lipinski definition) is 1. The van der Waals surface area contributed by atoms with E-state index in [2.05, 4.69) is 5.32 Å². The van der Waals surface area contributed by atoms with Gasteiger partial charge in [0.05, 0.1) is 5.92 Å². The number of piperidine rings is 1. The number of rotatable bonds is 3. The van der Waals surface area contributed by atoms with Gasteiger partial charge in [-0.3, -0.25) is 9.59 Å². The third-order valence-electron chi connectivity index (χ3n) is 3.73. The smallest absolute Gasteiger partial charge is 0.309 e. The third kappa shape index (κ3) is 3.22. The van der Waals surface area contributed by atoms with Crippen LogP contribution in [0.1, 0.15) is 32.6 Å². The van der Waals surface area contributed by atoms with Gasteiger partial charge in [-0.15, -0.1) is 0 Å². The average molecular weight is 254 g/mol. The van der Waals surface area contributed by atoms with Crippen molar-refractivity contribution >= 4 is 11.9 Å². The molecule has 0 aromatic rings. The first-order valence-corrected chi connectivity index (χ1v) is 6.88. The first-order valence-electron chi connectivity index (χ1n) is 6.88. The summed E-state index contributed by atoms with van der Waals surface area (Å²) in [7, 11) is 0. The van der Waals surface area contributed by atoms with Crippen LogP contribution in [0.4, 0.5) is 0 Å².